The molecular weight excluding hydrogens is 290 g/mol. The van der Waals surface area contributed by atoms with Crippen LogP contribution in [0.4, 0.5) is 0 Å². The van der Waals surface area contributed by atoms with E-state index in [9.17, 15) is 0 Å². The second-order valence-corrected chi connectivity index (χ2v) is 5.53. The van der Waals surface area contributed by atoms with Crippen molar-refractivity contribution in [3.63, 3.8) is 0 Å². The minimum Gasteiger partial charge on any atom is -0.411 e. The number of aromatic nitrogens is 5. The summed E-state index contributed by atoms with van der Waals surface area (Å²) in [6.45, 7) is 4.03. The molecule has 0 aliphatic carbocycles. The van der Waals surface area contributed by atoms with Gasteiger partial charge in [0.1, 0.15) is 0 Å². The molecule has 0 aliphatic rings. The van der Waals surface area contributed by atoms with Crippen LogP contribution in [0.1, 0.15) is 31.5 Å². The molecule has 3 rings (SSSR count). The van der Waals surface area contributed by atoms with Crippen molar-refractivity contribution >= 4 is 11.8 Å². The van der Waals surface area contributed by atoms with E-state index in [-0.39, 0.29) is 5.92 Å². The van der Waals surface area contributed by atoms with E-state index in [1.54, 1.807) is 12.4 Å². The van der Waals surface area contributed by atoms with Crippen LogP contribution >= 0.6 is 11.8 Å². The van der Waals surface area contributed by atoms with E-state index in [1.165, 1.54) is 11.8 Å². The largest absolute Gasteiger partial charge is 0.411 e. The molecule has 0 unspecified atom stereocenters. The molecule has 0 fully saturated rings. The summed E-state index contributed by atoms with van der Waals surface area (Å²) in [7, 11) is 0. The maximum absolute atomic E-state index is 5.56. The van der Waals surface area contributed by atoms with Gasteiger partial charge in [0.25, 0.3) is 5.22 Å². The highest BCUT2D eigenvalue weighted by atomic mass is 32.2. The van der Waals surface area contributed by atoms with Crippen LogP contribution in [-0.2, 0) is 5.75 Å². The molecule has 7 nitrogen and oxygen atoms in total. The zero-order chi connectivity index (χ0) is 14.7. The fraction of sp³-hybridized carbons (Fsp3) is 0.308. The Labute approximate surface area is 125 Å². The van der Waals surface area contributed by atoms with Crippen molar-refractivity contribution in [1.29, 1.82) is 0 Å². The van der Waals surface area contributed by atoms with Crippen molar-refractivity contribution in [2.24, 2.45) is 0 Å². The molecule has 0 N–H and O–H groups in total. The quantitative estimate of drug-likeness (QED) is 0.664. The Morgan fingerprint density at radius 2 is 2.19 bits per heavy atom. The summed E-state index contributed by atoms with van der Waals surface area (Å²) in [6, 6.07) is 3.68. The van der Waals surface area contributed by atoms with Crippen molar-refractivity contribution in [2.75, 3.05) is 0 Å². The number of thioether (sulfide) groups is 1. The van der Waals surface area contributed by atoms with Gasteiger partial charge in [0.05, 0.1) is 11.3 Å². The molecule has 0 aromatic carbocycles. The first-order chi connectivity index (χ1) is 10.2. The molecule has 8 heteroatoms. The second kappa shape index (κ2) is 6.04. The predicted molar refractivity (Wildman–Crippen MR) is 75.5 cm³/mol. The van der Waals surface area contributed by atoms with Crippen molar-refractivity contribution in [3.05, 3.63) is 36.2 Å². The van der Waals surface area contributed by atoms with Crippen LogP contribution in [0, 0.1) is 0 Å². The van der Waals surface area contributed by atoms with Gasteiger partial charge in [0.2, 0.25) is 11.8 Å². The number of nitrogens with zero attached hydrogens (tertiary/aromatic N) is 5. The molecule has 0 amide bonds. The molecule has 0 radical (unpaired) electrons. The Bertz CT molecular complexity index is 710. The summed E-state index contributed by atoms with van der Waals surface area (Å²) in [5, 5.41) is 12.3. The number of pyridine rings is 1. The molecule has 0 saturated carbocycles. The Morgan fingerprint density at radius 3 is 2.90 bits per heavy atom. The third-order valence-electron chi connectivity index (χ3n) is 2.63. The smallest absolute Gasteiger partial charge is 0.277 e. The normalized spacial score (nSPS) is 11.2. The average molecular weight is 303 g/mol. The lowest BCUT2D eigenvalue weighted by atomic mass is 10.2. The van der Waals surface area contributed by atoms with Crippen molar-refractivity contribution in [1.82, 2.24) is 25.3 Å². The first-order valence-electron chi connectivity index (χ1n) is 6.41. The highest BCUT2D eigenvalue weighted by Crippen LogP contribution is 2.25. The predicted octanol–water partition coefficient (Wildman–Crippen LogP) is 2.93. The molecule has 21 heavy (non-hydrogen) atoms. The first kappa shape index (κ1) is 13.7. The highest BCUT2D eigenvalue weighted by Gasteiger charge is 2.13. The lowest BCUT2D eigenvalue weighted by Gasteiger charge is -1.93. The minimum absolute atomic E-state index is 0.244. The van der Waals surface area contributed by atoms with E-state index < -0.39 is 0 Å². The SMILES string of the molecule is CC(C)c1noc(CSc2nnc(-c3cccnc3)o2)n1. The van der Waals surface area contributed by atoms with Crippen molar-refractivity contribution < 1.29 is 8.94 Å². The molecule has 0 spiro atoms. The highest BCUT2D eigenvalue weighted by molar-refractivity contribution is 7.98. The maximum atomic E-state index is 5.56. The van der Waals surface area contributed by atoms with Gasteiger partial charge in [0.15, 0.2) is 5.82 Å². The van der Waals surface area contributed by atoms with Gasteiger partial charge < -0.3 is 8.94 Å². The van der Waals surface area contributed by atoms with Gasteiger partial charge in [-0.2, -0.15) is 4.98 Å². The van der Waals surface area contributed by atoms with E-state index in [0.717, 1.165) is 5.56 Å². The van der Waals surface area contributed by atoms with Crippen LogP contribution in [0.15, 0.2) is 38.7 Å². The molecule has 0 saturated heterocycles. The summed E-state index contributed by atoms with van der Waals surface area (Å²) in [5.74, 6) is 2.43. The molecule has 108 valence electrons. The van der Waals surface area contributed by atoms with Crippen LogP contribution in [0.3, 0.4) is 0 Å². The van der Waals surface area contributed by atoms with Gasteiger partial charge in [-0.25, -0.2) is 0 Å². The molecule has 0 bridgehead atoms. The summed E-state index contributed by atoms with van der Waals surface area (Å²) < 4.78 is 10.7. The number of hydrogen-bond donors (Lipinski definition) is 0. The lowest BCUT2D eigenvalue weighted by Crippen LogP contribution is -1.90. The molecule has 3 aromatic heterocycles. The Morgan fingerprint density at radius 1 is 1.29 bits per heavy atom. The number of hydrogen-bond acceptors (Lipinski definition) is 8. The Kier molecular flexibility index (Phi) is 3.96. The monoisotopic (exact) mass is 303 g/mol. The lowest BCUT2D eigenvalue weighted by molar-refractivity contribution is 0.382. The number of rotatable bonds is 5. The zero-order valence-electron chi connectivity index (χ0n) is 11.6. The molecular formula is C13H13N5O2S. The summed E-state index contributed by atoms with van der Waals surface area (Å²) in [5.41, 5.74) is 0.789. The van der Waals surface area contributed by atoms with Gasteiger partial charge in [0, 0.05) is 18.3 Å². The fourth-order valence-corrected chi connectivity index (χ4v) is 2.16. The van der Waals surface area contributed by atoms with Crippen LogP contribution in [0.2, 0.25) is 0 Å². The fourth-order valence-electron chi connectivity index (χ4n) is 1.56. The van der Waals surface area contributed by atoms with E-state index in [2.05, 4.69) is 25.3 Å². The van der Waals surface area contributed by atoms with E-state index in [1.807, 2.05) is 26.0 Å². The zero-order valence-corrected chi connectivity index (χ0v) is 12.4. The Balaban J connectivity index is 1.65. The van der Waals surface area contributed by atoms with Crippen LogP contribution in [-0.4, -0.2) is 25.3 Å². The maximum Gasteiger partial charge on any atom is 0.277 e. The van der Waals surface area contributed by atoms with Gasteiger partial charge in [-0.3, -0.25) is 4.98 Å². The molecule has 3 heterocycles. The average Bonchev–Trinajstić information content (AvgIpc) is 3.15. The standard InChI is InChI=1S/C13H13N5O2S/c1-8(2)11-15-10(20-18-11)7-21-13-17-16-12(19-13)9-4-3-5-14-6-9/h3-6,8H,7H2,1-2H3. The third kappa shape index (κ3) is 3.27. The van der Waals surface area contributed by atoms with Gasteiger partial charge >= 0.3 is 0 Å². The van der Waals surface area contributed by atoms with Crippen LogP contribution < -0.4 is 0 Å². The topological polar surface area (TPSA) is 90.7 Å². The van der Waals surface area contributed by atoms with Crippen LogP contribution in [0.5, 0.6) is 0 Å². The van der Waals surface area contributed by atoms with E-state index >= 15 is 0 Å². The van der Waals surface area contributed by atoms with Crippen molar-refractivity contribution in [3.8, 4) is 11.5 Å². The van der Waals surface area contributed by atoms with Gasteiger partial charge in [-0.15, -0.1) is 10.2 Å². The van der Waals surface area contributed by atoms with E-state index in [4.69, 9.17) is 8.94 Å². The molecule has 3 aromatic rings. The molecule has 0 aliphatic heterocycles. The summed E-state index contributed by atoms with van der Waals surface area (Å²) in [6.07, 6.45) is 3.37. The molecule has 0 atom stereocenters. The first-order valence-corrected chi connectivity index (χ1v) is 7.40. The van der Waals surface area contributed by atoms with Crippen molar-refractivity contribution in [2.45, 2.75) is 30.7 Å². The summed E-state index contributed by atoms with van der Waals surface area (Å²) >= 11 is 1.36. The Hall–Kier alpha value is -2.22. The van der Waals surface area contributed by atoms with Gasteiger partial charge in [-0.05, 0) is 12.1 Å². The minimum atomic E-state index is 0.244. The third-order valence-corrected chi connectivity index (χ3v) is 3.44. The van der Waals surface area contributed by atoms with Crippen LogP contribution in [0.25, 0.3) is 11.5 Å². The second-order valence-electron chi connectivity index (χ2n) is 4.60. The summed E-state index contributed by atoms with van der Waals surface area (Å²) in [4.78, 5) is 8.31. The van der Waals surface area contributed by atoms with E-state index in [0.29, 0.717) is 28.6 Å². The van der Waals surface area contributed by atoms with Gasteiger partial charge in [-0.1, -0.05) is 30.8 Å².